The van der Waals surface area contributed by atoms with E-state index in [1.165, 1.54) is 31.2 Å². The number of hydrogen-bond donors (Lipinski definition) is 4. The Labute approximate surface area is 218 Å². The number of benzene rings is 1. The highest BCUT2D eigenvalue weighted by atomic mass is 79.9. The van der Waals surface area contributed by atoms with E-state index in [1.807, 2.05) is 35.7 Å². The molecular formula is C26H30BrFN6O2. The average Bonchev–Trinajstić information content (AvgIpc) is 3.57. The summed E-state index contributed by atoms with van der Waals surface area (Å²) in [4.78, 5) is 4.08. The predicted octanol–water partition coefficient (Wildman–Crippen LogP) is 5.63. The van der Waals surface area contributed by atoms with Gasteiger partial charge in [0.25, 0.3) is 0 Å². The summed E-state index contributed by atoms with van der Waals surface area (Å²) in [5, 5.41) is 26.1. The van der Waals surface area contributed by atoms with E-state index in [-0.39, 0.29) is 17.3 Å². The molecular weight excluding hydrogens is 527 g/mol. The van der Waals surface area contributed by atoms with Crippen molar-refractivity contribution >= 4 is 27.5 Å². The Kier molecular flexibility index (Phi) is 8.37. The quantitative estimate of drug-likeness (QED) is 0.170. The van der Waals surface area contributed by atoms with Gasteiger partial charge in [0.1, 0.15) is 11.9 Å². The molecule has 1 atom stereocenters. The van der Waals surface area contributed by atoms with Crippen molar-refractivity contribution in [2.45, 2.75) is 45.8 Å². The highest BCUT2D eigenvalue weighted by molar-refractivity contribution is 9.10. The van der Waals surface area contributed by atoms with Crippen molar-refractivity contribution in [3.63, 3.8) is 0 Å². The first kappa shape index (κ1) is 25.8. The van der Waals surface area contributed by atoms with Crippen molar-refractivity contribution in [3.05, 3.63) is 81.6 Å². The number of hydrogen-bond acceptors (Lipinski definition) is 7. The lowest BCUT2D eigenvalue weighted by atomic mass is 9.92. The fourth-order valence-electron chi connectivity index (χ4n) is 3.94. The molecule has 36 heavy (non-hydrogen) atoms. The number of pyridine rings is 1. The Morgan fingerprint density at radius 1 is 1.36 bits per heavy atom. The van der Waals surface area contributed by atoms with E-state index < -0.39 is 11.9 Å². The van der Waals surface area contributed by atoms with Gasteiger partial charge in [-0.05, 0) is 83.9 Å². The topological polar surface area (TPSA) is 108 Å². The summed E-state index contributed by atoms with van der Waals surface area (Å²) in [6.45, 7) is 5.39. The third-order valence-electron chi connectivity index (χ3n) is 5.97. The van der Waals surface area contributed by atoms with Crippen LogP contribution in [0.15, 0.2) is 59.1 Å². The van der Waals surface area contributed by atoms with E-state index in [0.29, 0.717) is 28.6 Å². The van der Waals surface area contributed by atoms with Crippen molar-refractivity contribution in [1.29, 1.82) is 5.41 Å². The number of ether oxygens (including phenoxy) is 1. The van der Waals surface area contributed by atoms with Gasteiger partial charge in [0.15, 0.2) is 11.6 Å². The molecule has 1 aliphatic carbocycles. The van der Waals surface area contributed by atoms with Crippen LogP contribution in [0.5, 0.6) is 5.75 Å². The first-order chi connectivity index (χ1) is 17.4. The van der Waals surface area contributed by atoms with Gasteiger partial charge in [-0.25, -0.2) is 14.9 Å². The maximum atomic E-state index is 14.3. The molecule has 0 spiro atoms. The Hall–Kier alpha value is -3.24. The van der Waals surface area contributed by atoms with Crippen LogP contribution >= 0.6 is 15.9 Å². The number of aromatic nitrogens is 3. The van der Waals surface area contributed by atoms with Gasteiger partial charge in [-0.3, -0.25) is 15.3 Å². The number of nitrogens with one attached hydrogen (secondary N) is 3. The first-order valence-electron chi connectivity index (χ1n) is 11.9. The molecule has 190 valence electrons. The predicted molar refractivity (Wildman–Crippen MR) is 140 cm³/mol. The zero-order chi connectivity index (χ0) is 25.7. The van der Waals surface area contributed by atoms with Crippen LogP contribution in [-0.4, -0.2) is 32.2 Å². The average molecular weight is 557 g/mol. The van der Waals surface area contributed by atoms with Crippen LogP contribution in [0.25, 0.3) is 0 Å². The zero-order valence-electron chi connectivity index (χ0n) is 20.3. The molecule has 10 heteroatoms. The molecule has 3 aromatic rings. The lowest BCUT2D eigenvalue weighted by Gasteiger charge is -2.21. The summed E-state index contributed by atoms with van der Waals surface area (Å²) >= 11 is 3.35. The van der Waals surface area contributed by atoms with Gasteiger partial charge in [0, 0.05) is 53.7 Å². The van der Waals surface area contributed by atoms with Crippen molar-refractivity contribution < 1.29 is 14.3 Å². The Bertz CT molecular complexity index is 1260. The van der Waals surface area contributed by atoms with Crippen LogP contribution in [0.2, 0.25) is 0 Å². The van der Waals surface area contributed by atoms with Crippen LogP contribution in [0, 0.1) is 17.1 Å². The maximum absolute atomic E-state index is 14.3. The summed E-state index contributed by atoms with van der Waals surface area (Å²) in [7, 11) is 0. The van der Waals surface area contributed by atoms with Gasteiger partial charge < -0.3 is 10.1 Å². The molecule has 1 aromatic carbocycles. The second-order valence-corrected chi connectivity index (χ2v) is 9.81. The van der Waals surface area contributed by atoms with E-state index in [1.54, 1.807) is 19.1 Å². The van der Waals surface area contributed by atoms with Gasteiger partial charge in [0.05, 0.1) is 11.9 Å². The van der Waals surface area contributed by atoms with Crippen LogP contribution < -0.4 is 15.5 Å². The minimum Gasteiger partial charge on any atom is -0.482 e. The summed E-state index contributed by atoms with van der Waals surface area (Å²) in [6.07, 6.45) is 9.62. The third-order valence-corrected chi connectivity index (χ3v) is 6.41. The van der Waals surface area contributed by atoms with Gasteiger partial charge in [-0.1, -0.05) is 0 Å². The first-order valence-corrected chi connectivity index (χ1v) is 12.7. The number of anilines is 1. The molecule has 2 aromatic heterocycles. The van der Waals surface area contributed by atoms with Crippen molar-refractivity contribution in [1.82, 2.24) is 20.1 Å². The third kappa shape index (κ3) is 6.50. The van der Waals surface area contributed by atoms with Crippen molar-refractivity contribution in [3.8, 4) is 5.75 Å². The minimum atomic E-state index is -0.638. The Balaban J connectivity index is 1.60. The second-order valence-electron chi connectivity index (χ2n) is 8.90. The molecule has 0 aliphatic heterocycles. The Morgan fingerprint density at radius 3 is 2.89 bits per heavy atom. The Morgan fingerprint density at radius 2 is 2.17 bits per heavy atom. The molecule has 4 N–H and O–H groups in total. The molecule has 8 nitrogen and oxygen atoms in total. The lowest BCUT2D eigenvalue weighted by Crippen LogP contribution is -2.16. The monoisotopic (exact) mass is 556 g/mol. The van der Waals surface area contributed by atoms with E-state index in [9.17, 15) is 9.60 Å². The van der Waals surface area contributed by atoms with E-state index in [4.69, 9.17) is 10.1 Å². The molecule has 0 radical (unpaired) electrons. The summed E-state index contributed by atoms with van der Waals surface area (Å²) in [6, 6.07) is 5.99. The highest BCUT2D eigenvalue weighted by Gasteiger charge is 2.23. The summed E-state index contributed by atoms with van der Waals surface area (Å²) < 4.78 is 23.0. The van der Waals surface area contributed by atoms with Crippen LogP contribution in [0.4, 0.5) is 10.2 Å². The molecule has 0 unspecified atom stereocenters. The van der Waals surface area contributed by atoms with Gasteiger partial charge >= 0.3 is 0 Å². The summed E-state index contributed by atoms with van der Waals surface area (Å²) in [5.41, 5.74) is 5.11. The molecule has 1 fully saturated rings. The number of rotatable bonds is 12. The van der Waals surface area contributed by atoms with Crippen molar-refractivity contribution in [2.75, 3.05) is 12.0 Å². The lowest BCUT2D eigenvalue weighted by molar-refractivity contribution is 0.224. The molecule has 1 saturated carbocycles. The fourth-order valence-corrected chi connectivity index (χ4v) is 4.25. The number of allylic oxidation sites excluding steroid dienone is 1. The maximum Gasteiger partial charge on any atom is 0.192 e. The van der Waals surface area contributed by atoms with Gasteiger partial charge in [-0.2, -0.15) is 5.10 Å². The van der Waals surface area contributed by atoms with E-state index in [0.717, 1.165) is 23.6 Å². The molecule has 1 aliphatic rings. The highest BCUT2D eigenvalue weighted by Crippen LogP contribution is 2.33. The number of halogens is 2. The molecule has 0 amide bonds. The zero-order valence-corrected chi connectivity index (χ0v) is 21.8. The molecule has 4 rings (SSSR count). The van der Waals surface area contributed by atoms with Crippen molar-refractivity contribution in [2.24, 2.45) is 5.92 Å². The normalized spacial score (nSPS) is 14.4. The standard InChI is InChI=1S/C26H30BrFN6O2/c1-3-30-12-19(8-18-11-32-34(15-18)14-17-4-5-17)25(29)22-7-6-21(28)10-23(22)16(2)36-24-9-20(27)13-31-26(24)33-35/h6-7,9-13,15-17,29-30,35H,3-5,8,14H2,1-2H3,(H,31,33)/b19-12-,29-25?/t16-/m1/s1. The van der Waals surface area contributed by atoms with Gasteiger partial charge in [0.2, 0.25) is 0 Å². The number of nitrogens with zero attached hydrogens (tertiary/aromatic N) is 3. The van der Waals surface area contributed by atoms with E-state index in [2.05, 4.69) is 31.3 Å². The van der Waals surface area contributed by atoms with Crippen LogP contribution in [0.1, 0.15) is 49.5 Å². The fraction of sp³-hybridized carbons (Fsp3) is 0.346. The van der Waals surface area contributed by atoms with E-state index >= 15 is 0 Å². The smallest absolute Gasteiger partial charge is 0.192 e. The molecule has 2 heterocycles. The SMILES string of the molecule is CCN/C=C(/Cc1cnn(CC2CC2)c1)C(=N)c1ccc(F)cc1[C@@H](C)Oc1cc(Br)cnc1NO. The second kappa shape index (κ2) is 11.7. The molecule has 0 bridgehead atoms. The van der Waals surface area contributed by atoms with Crippen LogP contribution in [0.3, 0.4) is 0 Å². The minimum absolute atomic E-state index is 0.133. The summed E-state index contributed by atoms with van der Waals surface area (Å²) in [5.74, 6) is 0.711. The largest absolute Gasteiger partial charge is 0.482 e. The van der Waals surface area contributed by atoms with Crippen LogP contribution in [-0.2, 0) is 13.0 Å². The molecule has 0 saturated heterocycles. The van der Waals surface area contributed by atoms with Gasteiger partial charge in [-0.15, -0.1) is 0 Å².